The Labute approximate surface area is 181 Å². The average Bonchev–Trinajstić information content (AvgIpc) is 3.01. The second-order valence-corrected chi connectivity index (χ2v) is 11.7. The number of anilines is 1. The summed E-state index contributed by atoms with van der Waals surface area (Å²) in [5.74, 6) is 0. The van der Waals surface area contributed by atoms with Gasteiger partial charge in [0.25, 0.3) is 0 Å². The van der Waals surface area contributed by atoms with E-state index in [0.29, 0.717) is 26.8 Å². The third kappa shape index (κ3) is 2.89. The van der Waals surface area contributed by atoms with E-state index in [1.54, 1.807) is 19.9 Å². The normalized spacial score (nSPS) is 18.5. The molecule has 10 heteroatoms. The van der Waals surface area contributed by atoms with Crippen molar-refractivity contribution in [2.24, 2.45) is 0 Å². The van der Waals surface area contributed by atoms with E-state index in [2.05, 4.69) is 6.92 Å². The first kappa shape index (κ1) is 22.2. The number of aromatic nitrogens is 1. The maximum atomic E-state index is 11.2. The van der Waals surface area contributed by atoms with Crippen LogP contribution in [-0.4, -0.2) is 48.7 Å². The van der Waals surface area contributed by atoms with Crippen molar-refractivity contribution in [3.63, 3.8) is 0 Å². The number of hydrogen-bond acceptors (Lipinski definition) is 7. The zero-order valence-corrected chi connectivity index (χ0v) is 19.2. The van der Waals surface area contributed by atoms with Gasteiger partial charge in [0.05, 0.1) is 0 Å². The summed E-state index contributed by atoms with van der Waals surface area (Å²) >= 11 is 0. The van der Waals surface area contributed by atoms with Gasteiger partial charge in [0.1, 0.15) is 0 Å². The summed E-state index contributed by atoms with van der Waals surface area (Å²) in [6.07, 6.45) is -2.59. The molecule has 1 aromatic heterocycles. The summed E-state index contributed by atoms with van der Waals surface area (Å²) in [6, 6.07) is 9.84. The van der Waals surface area contributed by atoms with Gasteiger partial charge in [-0.25, -0.2) is 0 Å². The van der Waals surface area contributed by atoms with Crippen LogP contribution in [0.3, 0.4) is 0 Å². The molecule has 2 aromatic carbocycles. The molecule has 31 heavy (non-hydrogen) atoms. The molecule has 6 N–H and O–H groups in total. The minimum absolute atomic E-state index is 0.150. The quantitative estimate of drug-likeness (QED) is 0.200. The Kier molecular flexibility index (Phi) is 4.85. The second-order valence-electron chi connectivity index (χ2n) is 8.50. The van der Waals surface area contributed by atoms with Crippen LogP contribution in [-0.2, 0) is 12.1 Å². The van der Waals surface area contributed by atoms with Crippen LogP contribution >= 0.6 is 7.52 Å². The van der Waals surface area contributed by atoms with Crippen LogP contribution in [0.2, 0.25) is 0 Å². The number of hydrogen-bond donors (Lipinski definition) is 6. The van der Waals surface area contributed by atoms with E-state index in [1.807, 2.05) is 31.2 Å². The van der Waals surface area contributed by atoms with Gasteiger partial charge in [0, 0.05) is 0 Å². The van der Waals surface area contributed by atoms with E-state index in [4.69, 9.17) is 0 Å². The topological polar surface area (TPSA) is 130 Å². The fourth-order valence-corrected chi connectivity index (χ4v) is 7.09. The first-order valence-corrected chi connectivity index (χ1v) is 12.5. The van der Waals surface area contributed by atoms with E-state index >= 15 is 0 Å². The molecular formula is C21H28BN2O6P. The van der Waals surface area contributed by atoms with Crippen molar-refractivity contribution in [2.45, 2.75) is 45.9 Å². The summed E-state index contributed by atoms with van der Waals surface area (Å²) in [4.78, 5) is 11.2. The van der Waals surface area contributed by atoms with Crippen LogP contribution in [0.1, 0.15) is 29.3 Å². The molecule has 2 heterocycles. The molecule has 0 spiro atoms. The fraction of sp³-hybridized carbons (Fsp3) is 0.333. The first-order valence-electron chi connectivity index (χ1n) is 10.1. The van der Waals surface area contributed by atoms with Crippen molar-refractivity contribution in [1.82, 2.24) is 4.57 Å². The van der Waals surface area contributed by atoms with Gasteiger partial charge in [-0.05, 0) is 0 Å². The number of aryl methyl sites for hydroxylation is 2. The second kappa shape index (κ2) is 6.77. The van der Waals surface area contributed by atoms with Crippen LogP contribution in [0, 0.1) is 20.8 Å². The molecule has 0 aliphatic carbocycles. The molecule has 4 rings (SSSR count). The van der Waals surface area contributed by atoms with Gasteiger partial charge in [0.15, 0.2) is 0 Å². The molecule has 0 saturated carbocycles. The van der Waals surface area contributed by atoms with Crippen molar-refractivity contribution in [1.29, 1.82) is 0 Å². The van der Waals surface area contributed by atoms with Gasteiger partial charge in [-0.2, -0.15) is 0 Å². The number of rotatable bonds is 3. The van der Waals surface area contributed by atoms with Gasteiger partial charge in [-0.3, -0.25) is 0 Å². The number of nitrogens with zero attached hydrogens (tertiary/aromatic N) is 2. The Hall–Kier alpha value is -1.97. The molecule has 0 amide bonds. The Morgan fingerprint density at radius 1 is 1.03 bits per heavy atom. The first-order chi connectivity index (χ1) is 14.2. The van der Waals surface area contributed by atoms with Crippen molar-refractivity contribution in [3.8, 4) is 11.1 Å². The third-order valence-electron chi connectivity index (χ3n) is 6.53. The standard InChI is InChI=1S/C21H28BN2O6P/c1-5-14-6-8-15(9-7-14)17-12(3)13(4)18-19-16(17)10-11(2)23(19)21(28,29)31(22,30)24(18)20(25,26)27/h6-10,25-31H,5,22H2,1-4H3. The van der Waals surface area contributed by atoms with Gasteiger partial charge >= 0.3 is 181 Å². The predicted molar refractivity (Wildman–Crippen MR) is 124 cm³/mol. The molecule has 8 nitrogen and oxygen atoms in total. The zero-order chi connectivity index (χ0) is 23.1. The van der Waals surface area contributed by atoms with Crippen molar-refractivity contribution < 1.29 is 30.4 Å². The molecule has 3 aromatic rings. The van der Waals surface area contributed by atoms with Crippen LogP contribution in [0.4, 0.5) is 5.69 Å². The molecular weight excluding hydrogens is 418 g/mol. The maximum absolute atomic E-state index is 11.2. The SMILES string of the molecule is B[PH]1(O)N(C(O)(O)O)c2c(C)c(C)c(-c3ccc(CC)cc3)c3cc(C)n(c23)C1(O)O. The molecule has 0 atom stereocenters. The van der Waals surface area contributed by atoms with E-state index in [-0.39, 0.29) is 5.69 Å². The van der Waals surface area contributed by atoms with Crippen LogP contribution < -0.4 is 4.67 Å². The number of aliphatic hydroxyl groups is 5. The summed E-state index contributed by atoms with van der Waals surface area (Å²) < 4.78 is 1.77. The van der Waals surface area contributed by atoms with Gasteiger partial charge in [0.2, 0.25) is 0 Å². The molecule has 0 radical (unpaired) electrons. The molecule has 1 aliphatic rings. The molecule has 0 bridgehead atoms. The van der Waals surface area contributed by atoms with Crippen molar-refractivity contribution >= 4 is 31.7 Å². The molecule has 0 unspecified atom stereocenters. The number of benzene rings is 2. The Bertz CT molecular complexity index is 1200. The van der Waals surface area contributed by atoms with E-state index in [0.717, 1.165) is 30.7 Å². The Morgan fingerprint density at radius 2 is 1.61 bits per heavy atom. The van der Waals surface area contributed by atoms with Crippen molar-refractivity contribution in [3.05, 3.63) is 52.7 Å². The van der Waals surface area contributed by atoms with Gasteiger partial charge < -0.3 is 0 Å². The van der Waals surface area contributed by atoms with Crippen LogP contribution in [0.15, 0.2) is 30.3 Å². The van der Waals surface area contributed by atoms with E-state index in [9.17, 15) is 30.4 Å². The summed E-state index contributed by atoms with van der Waals surface area (Å²) in [5, 5.41) is 53.1. The third-order valence-corrected chi connectivity index (χ3v) is 9.42. The zero-order valence-electron chi connectivity index (χ0n) is 18.2. The van der Waals surface area contributed by atoms with E-state index in [1.165, 1.54) is 10.1 Å². The summed E-state index contributed by atoms with van der Waals surface area (Å²) in [5.41, 5.74) is 2.44. The Morgan fingerprint density at radius 3 is 2.13 bits per heavy atom. The van der Waals surface area contributed by atoms with Crippen molar-refractivity contribution in [2.75, 3.05) is 4.67 Å². The van der Waals surface area contributed by atoms with E-state index < -0.39 is 19.3 Å². The molecule has 0 saturated heterocycles. The Balaban J connectivity index is 2.19. The summed E-state index contributed by atoms with van der Waals surface area (Å²) in [6.45, 7) is 7.38. The predicted octanol–water partition coefficient (Wildman–Crippen LogP) is 0.877. The average molecular weight is 446 g/mol. The minimum atomic E-state index is -4.51. The van der Waals surface area contributed by atoms with Gasteiger partial charge in [-0.15, -0.1) is 0 Å². The van der Waals surface area contributed by atoms with Crippen LogP contribution in [0.25, 0.3) is 22.0 Å². The molecule has 1 aliphatic heterocycles. The summed E-state index contributed by atoms with van der Waals surface area (Å²) in [7, 11) is -3.38. The molecule has 0 fully saturated rings. The molecule has 166 valence electrons. The monoisotopic (exact) mass is 446 g/mol. The fourth-order valence-electron chi connectivity index (χ4n) is 4.78. The van der Waals surface area contributed by atoms with Crippen LogP contribution in [0.5, 0.6) is 0 Å². The van der Waals surface area contributed by atoms with Gasteiger partial charge in [-0.1, -0.05) is 0 Å².